The summed E-state index contributed by atoms with van der Waals surface area (Å²) in [5.74, 6) is 0.657. The molecule has 138 valence electrons. The molecule has 2 heterocycles. The second-order valence-electron chi connectivity index (χ2n) is 7.34. The molecule has 0 aliphatic rings. The summed E-state index contributed by atoms with van der Waals surface area (Å²) in [4.78, 5) is 43.2. The van der Waals surface area contributed by atoms with Crippen molar-refractivity contribution in [2.24, 2.45) is 25.9 Å². The highest BCUT2D eigenvalue weighted by Crippen LogP contribution is 2.09. The predicted octanol–water partition coefficient (Wildman–Crippen LogP) is 0.574. The SMILES string of the molecule is CC(C)CN(CC(C)C)C(=O)Cn1cnc2c1c(=O)n(C)c(=O)n2C. The maximum atomic E-state index is 12.8. The first-order valence-corrected chi connectivity index (χ1v) is 8.52. The lowest BCUT2D eigenvalue weighted by Crippen LogP contribution is -2.40. The van der Waals surface area contributed by atoms with Crippen molar-refractivity contribution in [1.29, 1.82) is 0 Å². The van der Waals surface area contributed by atoms with Crippen molar-refractivity contribution in [3.8, 4) is 0 Å². The summed E-state index contributed by atoms with van der Waals surface area (Å²) in [6.45, 7) is 9.64. The van der Waals surface area contributed by atoms with E-state index in [2.05, 4.69) is 32.7 Å². The van der Waals surface area contributed by atoms with E-state index in [0.717, 1.165) is 4.57 Å². The Morgan fingerprint density at radius 1 is 1.08 bits per heavy atom. The number of aromatic nitrogens is 4. The fourth-order valence-electron chi connectivity index (χ4n) is 2.92. The Hall–Kier alpha value is -2.38. The average molecular weight is 349 g/mol. The van der Waals surface area contributed by atoms with Crippen LogP contribution in [0.25, 0.3) is 11.2 Å². The molecule has 0 aromatic carbocycles. The van der Waals surface area contributed by atoms with Crippen LogP contribution in [0.2, 0.25) is 0 Å². The van der Waals surface area contributed by atoms with E-state index < -0.39 is 11.2 Å². The van der Waals surface area contributed by atoms with Gasteiger partial charge in [-0.25, -0.2) is 9.78 Å². The van der Waals surface area contributed by atoms with E-state index in [-0.39, 0.29) is 18.0 Å². The van der Waals surface area contributed by atoms with Crippen LogP contribution >= 0.6 is 0 Å². The Balaban J connectivity index is 2.41. The molecule has 2 aromatic rings. The molecular weight excluding hydrogens is 322 g/mol. The Morgan fingerprint density at radius 2 is 1.64 bits per heavy atom. The zero-order valence-corrected chi connectivity index (χ0v) is 15.8. The van der Waals surface area contributed by atoms with Gasteiger partial charge in [-0.05, 0) is 11.8 Å². The fraction of sp³-hybridized carbons (Fsp3) is 0.647. The smallest absolute Gasteiger partial charge is 0.332 e. The van der Waals surface area contributed by atoms with Crippen molar-refractivity contribution in [2.45, 2.75) is 34.2 Å². The van der Waals surface area contributed by atoms with E-state index in [1.165, 1.54) is 22.5 Å². The van der Waals surface area contributed by atoms with Gasteiger partial charge in [0.1, 0.15) is 6.54 Å². The maximum Gasteiger partial charge on any atom is 0.332 e. The molecule has 0 unspecified atom stereocenters. The molecule has 0 atom stereocenters. The highest BCUT2D eigenvalue weighted by atomic mass is 16.2. The third kappa shape index (κ3) is 3.83. The van der Waals surface area contributed by atoms with Gasteiger partial charge in [0.2, 0.25) is 5.91 Å². The summed E-state index contributed by atoms with van der Waals surface area (Å²) in [7, 11) is 2.99. The standard InChI is InChI=1S/C17H27N5O3/c1-11(2)7-21(8-12(3)4)13(23)9-22-10-18-15-14(22)16(24)20(6)17(25)19(15)5/h10-12H,7-9H2,1-6H3. The molecule has 1 amide bonds. The van der Waals surface area contributed by atoms with E-state index in [4.69, 9.17) is 0 Å². The number of carbonyl (C=O) groups excluding carboxylic acids is 1. The quantitative estimate of drug-likeness (QED) is 0.764. The van der Waals surface area contributed by atoms with Crippen LogP contribution in [0.3, 0.4) is 0 Å². The molecule has 0 saturated carbocycles. The number of nitrogens with zero attached hydrogens (tertiary/aromatic N) is 5. The van der Waals surface area contributed by atoms with Gasteiger partial charge in [0.25, 0.3) is 5.56 Å². The lowest BCUT2D eigenvalue weighted by atomic mass is 10.1. The van der Waals surface area contributed by atoms with Gasteiger partial charge in [0.05, 0.1) is 6.33 Å². The van der Waals surface area contributed by atoms with Gasteiger partial charge in [-0.15, -0.1) is 0 Å². The lowest BCUT2D eigenvalue weighted by molar-refractivity contribution is -0.132. The van der Waals surface area contributed by atoms with Crippen LogP contribution in [0.5, 0.6) is 0 Å². The first kappa shape index (κ1) is 19.0. The number of fused-ring (bicyclic) bond motifs is 1. The van der Waals surface area contributed by atoms with E-state index in [1.807, 2.05) is 4.90 Å². The number of imidazole rings is 1. The fourth-order valence-corrected chi connectivity index (χ4v) is 2.92. The van der Waals surface area contributed by atoms with E-state index in [1.54, 1.807) is 7.05 Å². The Labute approximate surface area is 146 Å². The molecule has 0 aliphatic heterocycles. The van der Waals surface area contributed by atoms with Crippen LogP contribution < -0.4 is 11.2 Å². The van der Waals surface area contributed by atoms with Crippen molar-refractivity contribution >= 4 is 17.1 Å². The van der Waals surface area contributed by atoms with E-state index in [9.17, 15) is 14.4 Å². The first-order valence-electron chi connectivity index (χ1n) is 8.52. The Morgan fingerprint density at radius 3 is 2.16 bits per heavy atom. The molecular formula is C17H27N5O3. The van der Waals surface area contributed by atoms with Crippen molar-refractivity contribution in [3.63, 3.8) is 0 Å². The molecule has 2 aromatic heterocycles. The van der Waals surface area contributed by atoms with Crippen LogP contribution in [0.1, 0.15) is 27.7 Å². The number of amides is 1. The molecule has 0 aliphatic carbocycles. The molecule has 0 fully saturated rings. The monoisotopic (exact) mass is 349 g/mol. The van der Waals surface area contributed by atoms with Gasteiger partial charge < -0.3 is 9.47 Å². The van der Waals surface area contributed by atoms with Gasteiger partial charge in [0, 0.05) is 27.2 Å². The van der Waals surface area contributed by atoms with Crippen LogP contribution in [-0.4, -0.2) is 42.6 Å². The molecule has 0 bridgehead atoms. The molecule has 8 nitrogen and oxygen atoms in total. The number of hydrogen-bond donors (Lipinski definition) is 0. The van der Waals surface area contributed by atoms with Crippen LogP contribution in [0.4, 0.5) is 0 Å². The van der Waals surface area contributed by atoms with Crippen LogP contribution in [0.15, 0.2) is 15.9 Å². The topological polar surface area (TPSA) is 82.1 Å². The highest BCUT2D eigenvalue weighted by Gasteiger charge is 2.20. The second kappa shape index (κ2) is 7.25. The van der Waals surface area contributed by atoms with Crippen molar-refractivity contribution in [3.05, 3.63) is 27.2 Å². The zero-order chi connectivity index (χ0) is 18.9. The highest BCUT2D eigenvalue weighted by molar-refractivity contribution is 5.79. The molecule has 2 rings (SSSR count). The van der Waals surface area contributed by atoms with Crippen molar-refractivity contribution in [1.82, 2.24) is 23.6 Å². The van der Waals surface area contributed by atoms with E-state index >= 15 is 0 Å². The molecule has 0 radical (unpaired) electrons. The Bertz CT molecular complexity index is 878. The minimum absolute atomic E-state index is 0.0311. The van der Waals surface area contributed by atoms with Crippen molar-refractivity contribution in [2.75, 3.05) is 13.1 Å². The summed E-state index contributed by atoms with van der Waals surface area (Å²) in [6, 6.07) is 0. The third-order valence-corrected chi connectivity index (χ3v) is 4.05. The summed E-state index contributed by atoms with van der Waals surface area (Å²) < 4.78 is 3.88. The maximum absolute atomic E-state index is 12.8. The van der Waals surface area contributed by atoms with Gasteiger partial charge in [-0.2, -0.15) is 0 Å². The summed E-state index contributed by atoms with van der Waals surface area (Å²) in [6.07, 6.45) is 1.45. The second-order valence-corrected chi connectivity index (χ2v) is 7.34. The summed E-state index contributed by atoms with van der Waals surface area (Å²) in [5, 5.41) is 0. The van der Waals surface area contributed by atoms with Gasteiger partial charge >= 0.3 is 5.69 Å². The predicted molar refractivity (Wildman–Crippen MR) is 96.5 cm³/mol. The molecule has 0 saturated heterocycles. The minimum atomic E-state index is -0.442. The summed E-state index contributed by atoms with van der Waals surface area (Å²) in [5.41, 5.74) is -0.315. The number of aryl methyl sites for hydroxylation is 1. The van der Waals surface area contributed by atoms with Gasteiger partial charge in [0.15, 0.2) is 11.2 Å². The average Bonchev–Trinajstić information content (AvgIpc) is 2.93. The van der Waals surface area contributed by atoms with Crippen molar-refractivity contribution < 1.29 is 4.79 Å². The van der Waals surface area contributed by atoms with Gasteiger partial charge in [-0.1, -0.05) is 27.7 Å². The number of carbonyl (C=O) groups is 1. The molecule has 25 heavy (non-hydrogen) atoms. The largest absolute Gasteiger partial charge is 0.341 e. The zero-order valence-electron chi connectivity index (χ0n) is 15.8. The first-order chi connectivity index (χ1) is 11.6. The van der Waals surface area contributed by atoms with Crippen LogP contribution in [0, 0.1) is 11.8 Å². The third-order valence-electron chi connectivity index (χ3n) is 4.05. The minimum Gasteiger partial charge on any atom is -0.341 e. The molecule has 0 spiro atoms. The van der Waals surface area contributed by atoms with Gasteiger partial charge in [-0.3, -0.25) is 18.7 Å². The number of hydrogen-bond acceptors (Lipinski definition) is 4. The van der Waals surface area contributed by atoms with Crippen LogP contribution in [-0.2, 0) is 25.4 Å². The molecule has 0 N–H and O–H groups in total. The summed E-state index contributed by atoms with van der Waals surface area (Å²) >= 11 is 0. The van der Waals surface area contributed by atoms with E-state index in [0.29, 0.717) is 30.6 Å². The lowest BCUT2D eigenvalue weighted by Gasteiger charge is -2.26. The Kier molecular flexibility index (Phi) is 5.49. The normalized spacial score (nSPS) is 11.7. The molecule has 8 heteroatoms. The number of rotatable bonds is 6.